The van der Waals surface area contributed by atoms with E-state index in [9.17, 15) is 8.78 Å². The molecule has 2 aromatic rings. The molecule has 1 aliphatic heterocycles. The fourth-order valence-electron chi connectivity index (χ4n) is 2.57. The van der Waals surface area contributed by atoms with Gasteiger partial charge in [-0.1, -0.05) is 6.07 Å². The van der Waals surface area contributed by atoms with Crippen molar-refractivity contribution in [3.63, 3.8) is 0 Å². The molecular formula is C16H15F2NO2. The van der Waals surface area contributed by atoms with Crippen LogP contribution in [0.2, 0.25) is 0 Å². The lowest BCUT2D eigenvalue weighted by Gasteiger charge is -2.30. The molecule has 0 spiro atoms. The van der Waals surface area contributed by atoms with Gasteiger partial charge in [0.2, 0.25) is 0 Å². The third-order valence-electron chi connectivity index (χ3n) is 3.61. The largest absolute Gasteiger partial charge is 0.497 e. The summed E-state index contributed by atoms with van der Waals surface area (Å²) in [5.74, 6) is -0.0213. The summed E-state index contributed by atoms with van der Waals surface area (Å²) >= 11 is 0. The van der Waals surface area contributed by atoms with E-state index in [1.165, 1.54) is 12.1 Å². The van der Waals surface area contributed by atoms with E-state index >= 15 is 0 Å². The van der Waals surface area contributed by atoms with Crippen LogP contribution in [0, 0.1) is 11.6 Å². The molecule has 1 heterocycles. The number of ether oxygens (including phenoxy) is 2. The second-order valence-corrected chi connectivity index (χ2v) is 5.06. The Labute approximate surface area is 121 Å². The van der Waals surface area contributed by atoms with Gasteiger partial charge < -0.3 is 15.2 Å². The molecule has 0 saturated carbocycles. The van der Waals surface area contributed by atoms with Crippen LogP contribution in [-0.2, 0) is 0 Å². The van der Waals surface area contributed by atoms with Crippen LogP contribution in [0.3, 0.4) is 0 Å². The molecule has 2 atom stereocenters. The van der Waals surface area contributed by atoms with Gasteiger partial charge in [-0.15, -0.1) is 0 Å². The Kier molecular flexibility index (Phi) is 3.51. The first-order chi connectivity index (χ1) is 10.1. The number of halogens is 2. The first-order valence-electron chi connectivity index (χ1n) is 6.63. The Morgan fingerprint density at radius 2 is 1.86 bits per heavy atom. The lowest BCUT2D eigenvalue weighted by Crippen LogP contribution is -2.24. The number of fused-ring (bicyclic) bond motifs is 1. The fraction of sp³-hybridized carbons (Fsp3) is 0.250. The molecule has 110 valence electrons. The molecule has 0 bridgehead atoms. The molecule has 0 aromatic heterocycles. The lowest BCUT2D eigenvalue weighted by atomic mass is 9.93. The van der Waals surface area contributed by atoms with Crippen LogP contribution in [0.25, 0.3) is 0 Å². The Morgan fingerprint density at radius 3 is 2.52 bits per heavy atom. The Bertz CT molecular complexity index is 655. The van der Waals surface area contributed by atoms with E-state index in [0.29, 0.717) is 23.5 Å². The normalized spacial score (nSPS) is 20.6. The van der Waals surface area contributed by atoms with Crippen molar-refractivity contribution in [2.24, 2.45) is 5.73 Å². The van der Waals surface area contributed by atoms with Crippen molar-refractivity contribution >= 4 is 0 Å². The van der Waals surface area contributed by atoms with E-state index in [4.69, 9.17) is 15.2 Å². The molecule has 0 saturated heterocycles. The fourth-order valence-corrected chi connectivity index (χ4v) is 2.57. The van der Waals surface area contributed by atoms with Crippen molar-refractivity contribution in [1.29, 1.82) is 0 Å². The SMILES string of the molecule is COc1ccc2c(c1)OC(c1cc(F)cc(F)c1)C[C@@H]2N. The molecule has 2 aromatic carbocycles. The summed E-state index contributed by atoms with van der Waals surface area (Å²) in [7, 11) is 1.56. The zero-order valence-corrected chi connectivity index (χ0v) is 11.5. The maximum absolute atomic E-state index is 13.3. The van der Waals surface area contributed by atoms with Gasteiger partial charge in [-0.2, -0.15) is 0 Å². The number of benzene rings is 2. The van der Waals surface area contributed by atoms with Gasteiger partial charge in [0.05, 0.1) is 7.11 Å². The molecule has 0 aliphatic carbocycles. The quantitative estimate of drug-likeness (QED) is 0.921. The molecular weight excluding hydrogens is 276 g/mol. The minimum Gasteiger partial charge on any atom is -0.497 e. The number of hydrogen-bond acceptors (Lipinski definition) is 3. The first kappa shape index (κ1) is 13.8. The molecule has 3 rings (SSSR count). The summed E-state index contributed by atoms with van der Waals surface area (Å²) in [4.78, 5) is 0. The maximum Gasteiger partial charge on any atom is 0.128 e. The van der Waals surface area contributed by atoms with Crippen LogP contribution < -0.4 is 15.2 Å². The van der Waals surface area contributed by atoms with E-state index in [2.05, 4.69) is 0 Å². The first-order valence-corrected chi connectivity index (χ1v) is 6.63. The Morgan fingerprint density at radius 1 is 1.14 bits per heavy atom. The number of nitrogens with two attached hydrogens (primary N) is 1. The highest BCUT2D eigenvalue weighted by Crippen LogP contribution is 2.41. The summed E-state index contributed by atoms with van der Waals surface area (Å²) in [6.45, 7) is 0. The van der Waals surface area contributed by atoms with Crippen LogP contribution in [0.15, 0.2) is 36.4 Å². The van der Waals surface area contributed by atoms with Gasteiger partial charge in [0, 0.05) is 30.2 Å². The predicted molar refractivity (Wildman–Crippen MR) is 74.3 cm³/mol. The van der Waals surface area contributed by atoms with Gasteiger partial charge in [-0.3, -0.25) is 0 Å². The highest BCUT2D eigenvalue weighted by atomic mass is 19.1. The average Bonchev–Trinajstić information content (AvgIpc) is 2.45. The summed E-state index contributed by atoms with van der Waals surface area (Å²) < 4.78 is 37.7. The second-order valence-electron chi connectivity index (χ2n) is 5.06. The molecule has 5 heteroatoms. The molecule has 1 aliphatic rings. The van der Waals surface area contributed by atoms with Crippen molar-refractivity contribution in [3.8, 4) is 11.5 Å². The standard InChI is InChI=1S/C16H15F2NO2/c1-20-12-2-3-13-14(19)8-15(21-16(13)7-12)9-4-10(17)6-11(18)5-9/h2-7,14-15H,8,19H2,1H3/t14-,15?/m0/s1. The van der Waals surface area contributed by atoms with Gasteiger partial charge in [-0.25, -0.2) is 8.78 Å². The number of hydrogen-bond donors (Lipinski definition) is 1. The molecule has 0 fully saturated rings. The molecule has 21 heavy (non-hydrogen) atoms. The van der Waals surface area contributed by atoms with Crippen LogP contribution in [0.4, 0.5) is 8.78 Å². The van der Waals surface area contributed by atoms with E-state index in [1.54, 1.807) is 13.2 Å². The zero-order valence-electron chi connectivity index (χ0n) is 11.5. The topological polar surface area (TPSA) is 44.5 Å². The van der Waals surface area contributed by atoms with E-state index in [-0.39, 0.29) is 6.04 Å². The number of rotatable bonds is 2. The Hall–Kier alpha value is -2.14. The van der Waals surface area contributed by atoms with E-state index in [1.807, 2.05) is 12.1 Å². The van der Waals surface area contributed by atoms with E-state index in [0.717, 1.165) is 11.6 Å². The van der Waals surface area contributed by atoms with Crippen molar-refractivity contribution in [3.05, 3.63) is 59.2 Å². The molecule has 0 radical (unpaired) electrons. The van der Waals surface area contributed by atoms with Crippen LogP contribution in [0.1, 0.15) is 29.7 Å². The van der Waals surface area contributed by atoms with Crippen molar-refractivity contribution in [2.75, 3.05) is 7.11 Å². The third-order valence-corrected chi connectivity index (χ3v) is 3.61. The average molecular weight is 291 g/mol. The van der Waals surface area contributed by atoms with Gasteiger partial charge in [0.1, 0.15) is 29.2 Å². The van der Waals surface area contributed by atoms with Crippen LogP contribution in [-0.4, -0.2) is 7.11 Å². The Balaban J connectivity index is 1.96. The van der Waals surface area contributed by atoms with Crippen LogP contribution >= 0.6 is 0 Å². The van der Waals surface area contributed by atoms with Crippen molar-refractivity contribution in [1.82, 2.24) is 0 Å². The smallest absolute Gasteiger partial charge is 0.128 e. The summed E-state index contributed by atoms with van der Waals surface area (Å²) in [5.41, 5.74) is 7.44. The minimum atomic E-state index is -0.626. The number of methoxy groups -OCH3 is 1. The highest BCUT2D eigenvalue weighted by Gasteiger charge is 2.28. The summed E-state index contributed by atoms with van der Waals surface area (Å²) in [6.07, 6.45) is -0.0211. The molecule has 0 amide bonds. The summed E-state index contributed by atoms with van der Waals surface area (Å²) in [5, 5.41) is 0. The predicted octanol–water partition coefficient (Wildman–Crippen LogP) is 3.50. The zero-order chi connectivity index (χ0) is 15.0. The van der Waals surface area contributed by atoms with Crippen molar-refractivity contribution < 1.29 is 18.3 Å². The van der Waals surface area contributed by atoms with E-state index < -0.39 is 17.7 Å². The monoisotopic (exact) mass is 291 g/mol. The maximum atomic E-state index is 13.3. The molecule has 1 unspecified atom stereocenters. The summed E-state index contributed by atoms with van der Waals surface area (Å²) in [6, 6.07) is 8.51. The molecule has 2 N–H and O–H groups in total. The van der Waals surface area contributed by atoms with Crippen LogP contribution in [0.5, 0.6) is 11.5 Å². The lowest BCUT2D eigenvalue weighted by molar-refractivity contribution is 0.160. The van der Waals surface area contributed by atoms with Crippen molar-refractivity contribution in [2.45, 2.75) is 18.6 Å². The highest BCUT2D eigenvalue weighted by molar-refractivity contribution is 5.44. The third kappa shape index (κ3) is 2.69. The van der Waals surface area contributed by atoms with Gasteiger partial charge in [0.15, 0.2) is 0 Å². The van der Waals surface area contributed by atoms with Gasteiger partial charge in [0.25, 0.3) is 0 Å². The second kappa shape index (κ2) is 5.33. The minimum absolute atomic E-state index is 0.254. The van der Waals surface area contributed by atoms with Gasteiger partial charge >= 0.3 is 0 Å². The molecule has 3 nitrogen and oxygen atoms in total. The van der Waals surface area contributed by atoms with Gasteiger partial charge in [-0.05, 0) is 23.8 Å².